The van der Waals surface area contributed by atoms with Crippen LogP contribution in [0.3, 0.4) is 0 Å². The Labute approximate surface area is 123 Å². The zero-order valence-electron chi connectivity index (χ0n) is 11.8. The number of carbonyl (C=O) groups is 2. The number of hydrogen-bond donors (Lipinski definition) is 2. The second-order valence-electron chi connectivity index (χ2n) is 5.51. The van der Waals surface area contributed by atoms with Crippen LogP contribution < -0.4 is 5.73 Å². The van der Waals surface area contributed by atoms with Crippen molar-refractivity contribution in [2.45, 2.75) is 31.7 Å². The zero-order valence-corrected chi connectivity index (χ0v) is 11.8. The van der Waals surface area contributed by atoms with Gasteiger partial charge in [0.2, 0.25) is 11.8 Å². The molecular formula is C16H19N3O2. The van der Waals surface area contributed by atoms with Crippen molar-refractivity contribution in [3.05, 3.63) is 36.0 Å². The first-order valence-electron chi connectivity index (χ1n) is 7.30. The van der Waals surface area contributed by atoms with Crippen molar-refractivity contribution in [2.24, 2.45) is 5.73 Å². The molecule has 1 unspecified atom stereocenters. The van der Waals surface area contributed by atoms with Crippen molar-refractivity contribution in [3.63, 3.8) is 0 Å². The molecule has 1 atom stereocenters. The molecule has 21 heavy (non-hydrogen) atoms. The fraction of sp³-hybridized carbons (Fsp3) is 0.375. The van der Waals surface area contributed by atoms with Gasteiger partial charge in [0.15, 0.2) is 0 Å². The molecule has 1 aromatic heterocycles. The minimum Gasteiger partial charge on any atom is -0.368 e. The van der Waals surface area contributed by atoms with Crippen LogP contribution in [0.5, 0.6) is 0 Å². The highest BCUT2D eigenvalue weighted by Gasteiger charge is 2.32. The number of H-pyrrole nitrogens is 1. The lowest BCUT2D eigenvalue weighted by atomic mass is 10.1. The Kier molecular flexibility index (Phi) is 3.64. The number of nitrogens with one attached hydrogen (secondary N) is 1. The predicted molar refractivity (Wildman–Crippen MR) is 80.5 cm³/mol. The Morgan fingerprint density at radius 3 is 2.95 bits per heavy atom. The van der Waals surface area contributed by atoms with Crippen LogP contribution in [0.2, 0.25) is 0 Å². The molecule has 0 bridgehead atoms. The minimum atomic E-state index is -0.416. The first-order chi connectivity index (χ1) is 10.2. The van der Waals surface area contributed by atoms with Crippen molar-refractivity contribution in [3.8, 4) is 0 Å². The normalized spacial score (nSPS) is 18.3. The minimum absolute atomic E-state index is 0.0154. The lowest BCUT2D eigenvalue weighted by Gasteiger charge is -2.22. The van der Waals surface area contributed by atoms with E-state index in [0.29, 0.717) is 25.8 Å². The van der Waals surface area contributed by atoms with Gasteiger partial charge in [-0.25, -0.2) is 0 Å². The molecule has 1 fully saturated rings. The number of aromatic nitrogens is 1. The van der Waals surface area contributed by atoms with Gasteiger partial charge in [0.1, 0.15) is 6.04 Å². The predicted octanol–water partition coefficient (Wildman–Crippen LogP) is 1.58. The second kappa shape index (κ2) is 5.60. The molecule has 0 radical (unpaired) electrons. The number of hydrogen-bond acceptors (Lipinski definition) is 2. The molecule has 2 aromatic rings. The standard InChI is InChI=1S/C16H19N3O2/c17-16(21)14-6-3-9-19(14)15(20)8-7-11-10-18-13-5-2-1-4-12(11)13/h1-2,4-5,10,14,18H,3,6-9H2,(H2,17,21). The second-order valence-corrected chi connectivity index (χ2v) is 5.51. The van der Waals surface area contributed by atoms with Gasteiger partial charge < -0.3 is 15.6 Å². The summed E-state index contributed by atoms with van der Waals surface area (Å²) < 4.78 is 0. The van der Waals surface area contributed by atoms with Gasteiger partial charge in [0.05, 0.1) is 0 Å². The average Bonchev–Trinajstić information content (AvgIpc) is 3.12. The maximum Gasteiger partial charge on any atom is 0.240 e. The maximum absolute atomic E-state index is 12.3. The number of nitrogens with two attached hydrogens (primary N) is 1. The Morgan fingerprint density at radius 2 is 2.14 bits per heavy atom. The molecule has 2 heterocycles. The molecule has 1 aliphatic heterocycles. The van der Waals surface area contributed by atoms with Crippen LogP contribution in [0.25, 0.3) is 10.9 Å². The Bertz CT molecular complexity index is 677. The van der Waals surface area contributed by atoms with Crippen LogP contribution in [-0.2, 0) is 16.0 Å². The number of fused-ring (bicyclic) bond motifs is 1. The quantitative estimate of drug-likeness (QED) is 0.894. The fourth-order valence-electron chi connectivity index (χ4n) is 3.08. The van der Waals surface area contributed by atoms with Gasteiger partial charge in [0.25, 0.3) is 0 Å². The summed E-state index contributed by atoms with van der Waals surface area (Å²) in [7, 11) is 0. The van der Waals surface area contributed by atoms with E-state index in [1.165, 1.54) is 0 Å². The van der Waals surface area contributed by atoms with Gasteiger partial charge in [-0.3, -0.25) is 9.59 Å². The third-order valence-corrected chi connectivity index (χ3v) is 4.18. The summed E-state index contributed by atoms with van der Waals surface area (Å²) in [5.74, 6) is -0.380. The van der Waals surface area contributed by atoms with Gasteiger partial charge in [-0.05, 0) is 30.9 Å². The van der Waals surface area contributed by atoms with Crippen molar-refractivity contribution in [2.75, 3.05) is 6.54 Å². The summed E-state index contributed by atoms with van der Waals surface area (Å²) in [6, 6.07) is 7.62. The number of para-hydroxylation sites is 1. The van der Waals surface area contributed by atoms with E-state index < -0.39 is 11.9 Å². The molecule has 1 aliphatic rings. The molecule has 0 aliphatic carbocycles. The van der Waals surface area contributed by atoms with E-state index >= 15 is 0 Å². The van der Waals surface area contributed by atoms with Gasteiger partial charge in [-0.2, -0.15) is 0 Å². The lowest BCUT2D eigenvalue weighted by molar-refractivity contribution is -0.137. The van der Waals surface area contributed by atoms with Crippen molar-refractivity contribution in [1.29, 1.82) is 0 Å². The molecule has 2 amide bonds. The van der Waals surface area contributed by atoms with Crippen LogP contribution in [0.15, 0.2) is 30.5 Å². The van der Waals surface area contributed by atoms with E-state index in [4.69, 9.17) is 5.73 Å². The summed E-state index contributed by atoms with van der Waals surface area (Å²) in [4.78, 5) is 28.5. The number of primary amides is 1. The highest BCUT2D eigenvalue weighted by atomic mass is 16.2. The monoisotopic (exact) mass is 285 g/mol. The van der Waals surface area contributed by atoms with E-state index in [1.54, 1.807) is 4.90 Å². The number of aryl methyl sites for hydroxylation is 1. The van der Waals surface area contributed by atoms with Gasteiger partial charge in [-0.15, -0.1) is 0 Å². The maximum atomic E-state index is 12.3. The van der Waals surface area contributed by atoms with Crippen molar-refractivity contribution in [1.82, 2.24) is 9.88 Å². The molecular weight excluding hydrogens is 266 g/mol. The smallest absolute Gasteiger partial charge is 0.240 e. The first kappa shape index (κ1) is 13.7. The van der Waals surface area contributed by atoms with E-state index in [-0.39, 0.29) is 5.91 Å². The first-order valence-corrected chi connectivity index (χ1v) is 7.30. The Hall–Kier alpha value is -2.30. The molecule has 1 saturated heterocycles. The van der Waals surface area contributed by atoms with Crippen LogP contribution in [0.1, 0.15) is 24.8 Å². The molecule has 5 nitrogen and oxygen atoms in total. The van der Waals surface area contributed by atoms with Crippen LogP contribution >= 0.6 is 0 Å². The van der Waals surface area contributed by atoms with Crippen molar-refractivity contribution >= 4 is 22.7 Å². The molecule has 3 rings (SSSR count). The molecule has 1 aromatic carbocycles. The fourth-order valence-corrected chi connectivity index (χ4v) is 3.08. The highest BCUT2D eigenvalue weighted by Crippen LogP contribution is 2.21. The SMILES string of the molecule is NC(=O)C1CCCN1C(=O)CCc1c[nH]c2ccccc12. The highest BCUT2D eigenvalue weighted by molar-refractivity contribution is 5.88. The van der Waals surface area contributed by atoms with Crippen LogP contribution in [-0.4, -0.2) is 34.3 Å². The topological polar surface area (TPSA) is 79.2 Å². The molecule has 0 saturated carbocycles. The van der Waals surface area contributed by atoms with Gasteiger partial charge in [-0.1, -0.05) is 18.2 Å². The average molecular weight is 285 g/mol. The van der Waals surface area contributed by atoms with E-state index in [2.05, 4.69) is 4.98 Å². The Morgan fingerprint density at radius 1 is 1.33 bits per heavy atom. The summed E-state index contributed by atoms with van der Waals surface area (Å²) >= 11 is 0. The van der Waals surface area contributed by atoms with E-state index in [0.717, 1.165) is 22.9 Å². The third kappa shape index (κ3) is 2.63. The summed E-state index contributed by atoms with van der Waals surface area (Å²) in [6.07, 6.45) is 4.57. The van der Waals surface area contributed by atoms with Crippen LogP contribution in [0, 0.1) is 0 Å². The molecule has 0 spiro atoms. The number of benzene rings is 1. The Balaban J connectivity index is 1.67. The number of rotatable bonds is 4. The number of carbonyl (C=O) groups excluding carboxylic acids is 2. The largest absolute Gasteiger partial charge is 0.368 e. The lowest BCUT2D eigenvalue weighted by Crippen LogP contribution is -2.43. The molecule has 110 valence electrons. The van der Waals surface area contributed by atoms with E-state index in [1.807, 2.05) is 30.5 Å². The van der Waals surface area contributed by atoms with Crippen molar-refractivity contribution < 1.29 is 9.59 Å². The summed E-state index contributed by atoms with van der Waals surface area (Å²) in [5.41, 5.74) is 7.57. The third-order valence-electron chi connectivity index (χ3n) is 4.18. The van der Waals surface area contributed by atoms with Crippen LogP contribution in [0.4, 0.5) is 0 Å². The molecule has 5 heteroatoms. The van der Waals surface area contributed by atoms with Gasteiger partial charge >= 0.3 is 0 Å². The summed E-state index contributed by atoms with van der Waals surface area (Å²) in [5, 5.41) is 1.15. The van der Waals surface area contributed by atoms with E-state index in [9.17, 15) is 9.59 Å². The number of likely N-dealkylation sites (tertiary alicyclic amines) is 1. The summed E-state index contributed by atoms with van der Waals surface area (Å²) in [6.45, 7) is 0.639. The zero-order chi connectivity index (χ0) is 14.8. The number of amides is 2. The number of nitrogens with zero attached hydrogens (tertiary/aromatic N) is 1. The van der Waals surface area contributed by atoms with Gasteiger partial charge in [0, 0.05) is 30.1 Å². The number of aromatic amines is 1. The molecule has 3 N–H and O–H groups in total.